The Bertz CT molecular complexity index is 584. The van der Waals surface area contributed by atoms with Crippen LogP contribution < -0.4 is 5.73 Å². The topological polar surface area (TPSA) is 69.6 Å². The zero-order chi connectivity index (χ0) is 14.7. The summed E-state index contributed by atoms with van der Waals surface area (Å²) in [5.74, 6) is 1.63. The summed E-state index contributed by atoms with van der Waals surface area (Å²) in [5, 5.41) is 12.6. The van der Waals surface area contributed by atoms with Crippen molar-refractivity contribution in [1.82, 2.24) is 20.2 Å². The van der Waals surface area contributed by atoms with Crippen molar-refractivity contribution in [3.8, 4) is 11.4 Å². The second-order valence-electron chi connectivity index (χ2n) is 5.79. The van der Waals surface area contributed by atoms with E-state index in [9.17, 15) is 0 Å². The standard InChI is InChI=1S/C15H20ClN5/c16-13-8-12(9-14(17)10-13)15-18-19-20-21(15)7-3-6-11-4-1-2-5-11/h8-11H,1-7,17H2. The molecule has 0 aliphatic heterocycles. The van der Waals surface area contributed by atoms with E-state index in [-0.39, 0.29) is 0 Å². The number of nitrogens with two attached hydrogens (primary N) is 1. The van der Waals surface area contributed by atoms with Crippen LogP contribution in [0, 0.1) is 5.92 Å². The molecule has 3 rings (SSSR count). The van der Waals surface area contributed by atoms with Gasteiger partial charge in [0, 0.05) is 22.8 Å². The maximum absolute atomic E-state index is 6.05. The predicted octanol–water partition coefficient (Wildman–Crippen LogP) is 3.55. The maximum Gasteiger partial charge on any atom is 0.182 e. The van der Waals surface area contributed by atoms with Crippen LogP contribution in [-0.2, 0) is 6.54 Å². The molecule has 2 aromatic rings. The molecule has 0 amide bonds. The number of aromatic nitrogens is 4. The second kappa shape index (κ2) is 6.43. The zero-order valence-corrected chi connectivity index (χ0v) is 12.8. The van der Waals surface area contributed by atoms with Crippen molar-refractivity contribution in [1.29, 1.82) is 0 Å². The van der Waals surface area contributed by atoms with Gasteiger partial charge in [0.1, 0.15) is 0 Å². The Kier molecular flexibility index (Phi) is 4.39. The van der Waals surface area contributed by atoms with Crippen molar-refractivity contribution in [2.45, 2.75) is 45.1 Å². The van der Waals surface area contributed by atoms with Gasteiger partial charge < -0.3 is 5.73 Å². The van der Waals surface area contributed by atoms with Crippen LogP contribution in [0.5, 0.6) is 0 Å². The Balaban J connectivity index is 1.68. The Morgan fingerprint density at radius 2 is 2.05 bits per heavy atom. The number of rotatable bonds is 5. The van der Waals surface area contributed by atoms with Crippen LogP contribution in [0.2, 0.25) is 5.02 Å². The summed E-state index contributed by atoms with van der Waals surface area (Å²) in [5.41, 5.74) is 7.33. The van der Waals surface area contributed by atoms with Gasteiger partial charge in [0.2, 0.25) is 0 Å². The van der Waals surface area contributed by atoms with Gasteiger partial charge in [-0.05, 0) is 47.4 Å². The molecule has 0 bridgehead atoms. The van der Waals surface area contributed by atoms with Crippen molar-refractivity contribution in [3.05, 3.63) is 23.2 Å². The average Bonchev–Trinajstić information content (AvgIpc) is 3.08. The van der Waals surface area contributed by atoms with Crippen LogP contribution in [0.4, 0.5) is 5.69 Å². The number of hydrogen-bond donors (Lipinski definition) is 1. The maximum atomic E-state index is 6.05. The smallest absolute Gasteiger partial charge is 0.182 e. The summed E-state index contributed by atoms with van der Waals surface area (Å²) in [7, 11) is 0. The molecule has 0 spiro atoms. The van der Waals surface area contributed by atoms with E-state index in [0.29, 0.717) is 10.7 Å². The minimum atomic E-state index is 0.602. The van der Waals surface area contributed by atoms with Crippen molar-refractivity contribution < 1.29 is 0 Å². The van der Waals surface area contributed by atoms with E-state index < -0.39 is 0 Å². The van der Waals surface area contributed by atoms with Crippen LogP contribution in [-0.4, -0.2) is 20.2 Å². The quantitative estimate of drug-likeness (QED) is 0.858. The molecule has 0 unspecified atom stereocenters. The van der Waals surface area contributed by atoms with E-state index in [4.69, 9.17) is 17.3 Å². The Labute approximate surface area is 129 Å². The summed E-state index contributed by atoms with van der Waals surface area (Å²) in [6, 6.07) is 5.42. The van der Waals surface area contributed by atoms with Crippen molar-refractivity contribution in [3.63, 3.8) is 0 Å². The third-order valence-corrected chi connectivity index (χ3v) is 4.39. The highest BCUT2D eigenvalue weighted by Gasteiger charge is 2.15. The number of nitrogen functional groups attached to an aromatic ring is 1. The van der Waals surface area contributed by atoms with Crippen LogP contribution in [0.1, 0.15) is 38.5 Å². The monoisotopic (exact) mass is 305 g/mol. The summed E-state index contributed by atoms with van der Waals surface area (Å²) in [6.07, 6.45) is 7.92. The first-order valence-corrected chi connectivity index (χ1v) is 7.93. The van der Waals surface area contributed by atoms with Crippen molar-refractivity contribution >= 4 is 17.3 Å². The normalized spacial score (nSPS) is 15.7. The van der Waals surface area contributed by atoms with Gasteiger partial charge in [0.05, 0.1) is 0 Å². The van der Waals surface area contributed by atoms with Gasteiger partial charge in [-0.25, -0.2) is 4.68 Å². The van der Waals surface area contributed by atoms with Crippen molar-refractivity contribution in [2.24, 2.45) is 5.92 Å². The third-order valence-electron chi connectivity index (χ3n) is 4.17. The number of tetrazole rings is 1. The van der Waals surface area contributed by atoms with E-state index >= 15 is 0 Å². The fraction of sp³-hybridized carbons (Fsp3) is 0.533. The summed E-state index contributed by atoms with van der Waals surface area (Å²) >= 11 is 6.05. The first-order valence-electron chi connectivity index (χ1n) is 7.55. The number of aryl methyl sites for hydroxylation is 1. The first-order chi connectivity index (χ1) is 10.2. The van der Waals surface area contributed by atoms with Gasteiger partial charge in [0.25, 0.3) is 0 Å². The second-order valence-corrected chi connectivity index (χ2v) is 6.23. The van der Waals surface area contributed by atoms with Crippen molar-refractivity contribution in [2.75, 3.05) is 5.73 Å². The molecule has 21 heavy (non-hydrogen) atoms. The van der Waals surface area contributed by atoms with E-state index in [1.54, 1.807) is 6.07 Å². The number of halogens is 1. The Hall–Kier alpha value is -1.62. The van der Waals surface area contributed by atoms with Crippen LogP contribution in [0.3, 0.4) is 0 Å². The number of hydrogen-bond acceptors (Lipinski definition) is 4. The largest absolute Gasteiger partial charge is 0.399 e. The Morgan fingerprint density at radius 3 is 2.81 bits per heavy atom. The summed E-state index contributed by atoms with van der Waals surface area (Å²) in [4.78, 5) is 0. The van der Waals surface area contributed by atoms with E-state index in [2.05, 4.69) is 15.5 Å². The molecule has 1 fully saturated rings. The van der Waals surface area contributed by atoms with Crippen LogP contribution in [0.25, 0.3) is 11.4 Å². The van der Waals surface area contributed by atoms with Crippen LogP contribution in [0.15, 0.2) is 18.2 Å². The highest BCUT2D eigenvalue weighted by Crippen LogP contribution is 2.29. The van der Waals surface area contributed by atoms with Gasteiger partial charge in [-0.3, -0.25) is 0 Å². The molecule has 1 saturated carbocycles. The lowest BCUT2D eigenvalue weighted by Gasteiger charge is -2.09. The molecule has 2 N–H and O–H groups in total. The van der Waals surface area contributed by atoms with Gasteiger partial charge in [-0.2, -0.15) is 0 Å². The van der Waals surface area contributed by atoms with Gasteiger partial charge in [-0.1, -0.05) is 37.3 Å². The summed E-state index contributed by atoms with van der Waals surface area (Å²) in [6.45, 7) is 0.839. The fourth-order valence-electron chi connectivity index (χ4n) is 3.13. The number of benzene rings is 1. The molecule has 0 atom stereocenters. The van der Waals surface area contributed by atoms with Gasteiger partial charge >= 0.3 is 0 Å². The van der Waals surface area contributed by atoms with Gasteiger partial charge in [0.15, 0.2) is 5.82 Å². The molecule has 1 aliphatic carbocycles. The molecular weight excluding hydrogens is 286 g/mol. The molecule has 1 aromatic heterocycles. The molecular formula is C15H20ClN5. The van der Waals surface area contributed by atoms with E-state index in [1.165, 1.54) is 32.1 Å². The number of nitrogens with zero attached hydrogens (tertiary/aromatic N) is 4. The molecule has 112 valence electrons. The van der Waals surface area contributed by atoms with E-state index in [0.717, 1.165) is 30.3 Å². The third kappa shape index (κ3) is 3.53. The van der Waals surface area contributed by atoms with E-state index in [1.807, 2.05) is 16.8 Å². The number of anilines is 1. The minimum absolute atomic E-state index is 0.602. The fourth-order valence-corrected chi connectivity index (χ4v) is 3.38. The molecule has 1 aromatic carbocycles. The lowest BCUT2D eigenvalue weighted by Crippen LogP contribution is -2.05. The van der Waals surface area contributed by atoms with Gasteiger partial charge in [-0.15, -0.1) is 5.10 Å². The highest BCUT2D eigenvalue weighted by molar-refractivity contribution is 6.31. The lowest BCUT2D eigenvalue weighted by molar-refractivity contribution is 0.444. The highest BCUT2D eigenvalue weighted by atomic mass is 35.5. The molecule has 6 heteroatoms. The first kappa shape index (κ1) is 14.3. The molecule has 1 aliphatic rings. The summed E-state index contributed by atoms with van der Waals surface area (Å²) < 4.78 is 1.85. The predicted molar refractivity (Wildman–Crippen MR) is 83.9 cm³/mol. The molecule has 5 nitrogen and oxygen atoms in total. The minimum Gasteiger partial charge on any atom is -0.399 e. The molecule has 1 heterocycles. The SMILES string of the molecule is Nc1cc(Cl)cc(-c2nnnn2CCCC2CCCC2)c1. The zero-order valence-electron chi connectivity index (χ0n) is 12.0. The molecule has 0 radical (unpaired) electrons. The molecule has 0 saturated heterocycles. The Morgan fingerprint density at radius 1 is 1.24 bits per heavy atom. The van der Waals surface area contributed by atoms with Crippen LogP contribution >= 0.6 is 11.6 Å². The average molecular weight is 306 g/mol. The lowest BCUT2D eigenvalue weighted by atomic mass is 10.0.